The number of rotatable bonds is 3. The Morgan fingerprint density at radius 1 is 1.19 bits per heavy atom. The molecule has 0 spiro atoms. The van der Waals surface area contributed by atoms with Crippen molar-refractivity contribution in [1.82, 2.24) is 15.0 Å². The summed E-state index contributed by atoms with van der Waals surface area (Å²) in [5.74, 6) is 0.256. The van der Waals surface area contributed by atoms with Crippen LogP contribution in [0.3, 0.4) is 0 Å². The highest BCUT2D eigenvalue weighted by atomic mass is 35.5. The molecule has 1 N–H and O–H groups in total. The summed E-state index contributed by atoms with van der Waals surface area (Å²) in [6, 6.07) is 7.21. The summed E-state index contributed by atoms with van der Waals surface area (Å²) in [4.78, 5) is 23.6. The summed E-state index contributed by atoms with van der Waals surface area (Å²) in [5, 5.41) is 2.97. The number of oxazole rings is 1. The number of hydrogen-bond acceptors (Lipinski definition) is 5. The second-order valence-electron chi connectivity index (χ2n) is 4.12. The minimum atomic E-state index is -0.367. The van der Waals surface area contributed by atoms with Gasteiger partial charge >= 0.3 is 0 Å². The number of hydrogen-bond donors (Lipinski definition) is 1. The molecule has 7 heteroatoms. The van der Waals surface area contributed by atoms with E-state index in [2.05, 4.69) is 20.3 Å². The van der Waals surface area contributed by atoms with Crippen molar-refractivity contribution in [2.75, 3.05) is 5.32 Å². The number of anilines is 1. The van der Waals surface area contributed by atoms with E-state index in [4.69, 9.17) is 16.0 Å². The van der Waals surface area contributed by atoms with Crippen LogP contribution >= 0.6 is 11.6 Å². The first kappa shape index (κ1) is 13.3. The van der Waals surface area contributed by atoms with Gasteiger partial charge in [0.1, 0.15) is 10.8 Å². The van der Waals surface area contributed by atoms with Crippen LogP contribution in [0.1, 0.15) is 10.5 Å². The largest absolute Gasteiger partial charge is 0.444 e. The van der Waals surface area contributed by atoms with Crippen LogP contribution in [-0.4, -0.2) is 20.9 Å². The second kappa shape index (κ2) is 5.72. The van der Waals surface area contributed by atoms with Gasteiger partial charge in [-0.1, -0.05) is 23.7 Å². The molecule has 0 aliphatic carbocycles. The first-order chi connectivity index (χ1) is 10.2. The van der Waals surface area contributed by atoms with Crippen LogP contribution < -0.4 is 5.32 Å². The van der Waals surface area contributed by atoms with Crippen LogP contribution in [0.15, 0.2) is 53.7 Å². The van der Waals surface area contributed by atoms with Gasteiger partial charge in [0.25, 0.3) is 5.91 Å². The van der Waals surface area contributed by atoms with Crippen molar-refractivity contribution < 1.29 is 9.21 Å². The molecule has 0 fully saturated rings. The molecule has 0 unspecified atom stereocenters. The lowest BCUT2D eigenvalue weighted by molar-refractivity contribution is 0.102. The van der Waals surface area contributed by atoms with Crippen molar-refractivity contribution in [2.24, 2.45) is 0 Å². The highest BCUT2D eigenvalue weighted by Gasteiger charge is 2.09. The highest BCUT2D eigenvalue weighted by molar-refractivity contribution is 6.29. The normalized spacial score (nSPS) is 10.3. The lowest BCUT2D eigenvalue weighted by Gasteiger charge is -2.05. The zero-order valence-electron chi connectivity index (χ0n) is 10.7. The molecule has 3 rings (SSSR count). The van der Waals surface area contributed by atoms with E-state index in [9.17, 15) is 4.79 Å². The number of carbonyl (C=O) groups excluding carboxylic acids is 1. The number of carbonyl (C=O) groups is 1. The summed E-state index contributed by atoms with van der Waals surface area (Å²) < 4.78 is 5.22. The van der Waals surface area contributed by atoms with E-state index >= 15 is 0 Å². The Labute approximate surface area is 124 Å². The molecule has 0 saturated carbocycles. The Hall–Kier alpha value is -2.73. The van der Waals surface area contributed by atoms with E-state index in [1.807, 2.05) is 6.07 Å². The number of nitrogens with zero attached hydrogens (tertiary/aromatic N) is 3. The molecule has 6 nitrogen and oxygen atoms in total. The topological polar surface area (TPSA) is 80.9 Å². The van der Waals surface area contributed by atoms with Crippen molar-refractivity contribution in [3.8, 4) is 11.3 Å². The van der Waals surface area contributed by atoms with Gasteiger partial charge in [-0.2, -0.15) is 0 Å². The third kappa shape index (κ3) is 3.06. The molecule has 3 aromatic rings. The molecule has 21 heavy (non-hydrogen) atoms. The molecule has 0 bridgehead atoms. The highest BCUT2D eigenvalue weighted by Crippen LogP contribution is 2.22. The van der Waals surface area contributed by atoms with Gasteiger partial charge < -0.3 is 9.73 Å². The molecule has 104 valence electrons. The van der Waals surface area contributed by atoms with Gasteiger partial charge in [0.2, 0.25) is 0 Å². The van der Waals surface area contributed by atoms with Crippen molar-refractivity contribution in [1.29, 1.82) is 0 Å². The monoisotopic (exact) mass is 300 g/mol. The molecular weight excluding hydrogens is 292 g/mol. The van der Waals surface area contributed by atoms with Gasteiger partial charge in [0, 0.05) is 11.3 Å². The molecule has 2 heterocycles. The van der Waals surface area contributed by atoms with Crippen LogP contribution in [0.25, 0.3) is 11.3 Å². The Kier molecular flexibility index (Phi) is 3.61. The predicted molar refractivity (Wildman–Crippen MR) is 76.9 cm³/mol. The predicted octanol–water partition coefficient (Wildman–Crippen LogP) is 3.04. The third-order valence-corrected chi connectivity index (χ3v) is 2.89. The average molecular weight is 301 g/mol. The fourth-order valence-electron chi connectivity index (χ4n) is 1.73. The van der Waals surface area contributed by atoms with Crippen molar-refractivity contribution in [2.45, 2.75) is 0 Å². The van der Waals surface area contributed by atoms with Crippen LogP contribution in [-0.2, 0) is 0 Å². The number of benzene rings is 1. The van der Waals surface area contributed by atoms with Crippen molar-refractivity contribution >= 4 is 23.2 Å². The average Bonchev–Trinajstić information content (AvgIpc) is 3.02. The van der Waals surface area contributed by atoms with E-state index in [-0.39, 0.29) is 16.8 Å². The fourth-order valence-corrected chi connectivity index (χ4v) is 1.83. The van der Waals surface area contributed by atoms with Crippen LogP contribution in [0, 0.1) is 0 Å². The van der Waals surface area contributed by atoms with Gasteiger partial charge in [-0.3, -0.25) is 4.79 Å². The van der Waals surface area contributed by atoms with E-state index in [1.165, 1.54) is 18.8 Å². The number of halogens is 1. The van der Waals surface area contributed by atoms with E-state index in [0.717, 1.165) is 5.56 Å². The van der Waals surface area contributed by atoms with Crippen LogP contribution in [0.2, 0.25) is 5.15 Å². The number of amides is 1. The van der Waals surface area contributed by atoms with Crippen molar-refractivity contribution in [3.63, 3.8) is 0 Å². The Morgan fingerprint density at radius 3 is 2.81 bits per heavy atom. The first-order valence-electron chi connectivity index (χ1n) is 6.00. The lowest BCUT2D eigenvalue weighted by Crippen LogP contribution is -2.13. The Balaban J connectivity index is 1.80. The minimum Gasteiger partial charge on any atom is -0.444 e. The molecule has 0 aliphatic heterocycles. The third-order valence-electron chi connectivity index (χ3n) is 2.69. The summed E-state index contributed by atoms with van der Waals surface area (Å²) >= 11 is 5.63. The maximum absolute atomic E-state index is 12.0. The van der Waals surface area contributed by atoms with Gasteiger partial charge in [-0.15, -0.1) is 0 Å². The zero-order valence-corrected chi connectivity index (χ0v) is 11.4. The van der Waals surface area contributed by atoms with E-state index < -0.39 is 0 Å². The smallest absolute Gasteiger partial charge is 0.275 e. The second-order valence-corrected chi connectivity index (χ2v) is 4.51. The van der Waals surface area contributed by atoms with Gasteiger partial charge in [-0.25, -0.2) is 15.0 Å². The minimum absolute atomic E-state index is 0.185. The zero-order chi connectivity index (χ0) is 14.7. The quantitative estimate of drug-likeness (QED) is 0.804. The molecule has 0 aliphatic rings. The van der Waals surface area contributed by atoms with Crippen molar-refractivity contribution in [3.05, 3.63) is 60.1 Å². The molecule has 1 amide bonds. The number of nitrogens with one attached hydrogen (secondary N) is 1. The fraction of sp³-hybridized carbons (Fsp3) is 0. The Bertz CT molecular complexity index is 757. The van der Waals surface area contributed by atoms with E-state index in [0.29, 0.717) is 11.4 Å². The van der Waals surface area contributed by atoms with Gasteiger partial charge in [-0.05, 0) is 12.1 Å². The van der Waals surface area contributed by atoms with Gasteiger partial charge in [0.05, 0.1) is 18.6 Å². The number of aromatic nitrogens is 3. The molecule has 2 aromatic heterocycles. The summed E-state index contributed by atoms with van der Waals surface area (Å²) in [6.45, 7) is 0. The van der Waals surface area contributed by atoms with Gasteiger partial charge in [0.15, 0.2) is 12.2 Å². The SMILES string of the molecule is O=C(Nc1cccc(-c2cnco2)c1)c1cnc(Cl)cn1. The maximum Gasteiger partial charge on any atom is 0.275 e. The van der Waals surface area contributed by atoms with Crippen LogP contribution in [0.5, 0.6) is 0 Å². The molecule has 1 aromatic carbocycles. The standard InChI is InChI=1S/C14H9ClN4O2/c15-13-7-17-11(5-18-13)14(20)19-10-3-1-2-9(4-10)12-6-16-8-21-12/h1-8H,(H,19,20). The summed E-state index contributed by atoms with van der Waals surface area (Å²) in [6.07, 6.45) is 5.59. The summed E-state index contributed by atoms with van der Waals surface area (Å²) in [7, 11) is 0. The lowest BCUT2D eigenvalue weighted by atomic mass is 10.1. The Morgan fingerprint density at radius 2 is 2.10 bits per heavy atom. The molecular formula is C14H9ClN4O2. The summed E-state index contributed by atoms with van der Waals surface area (Å²) in [5.41, 5.74) is 1.61. The van der Waals surface area contributed by atoms with Crippen LogP contribution in [0.4, 0.5) is 5.69 Å². The first-order valence-corrected chi connectivity index (χ1v) is 6.38. The molecule has 0 saturated heterocycles. The van der Waals surface area contributed by atoms with E-state index in [1.54, 1.807) is 24.4 Å². The maximum atomic E-state index is 12.0. The molecule has 0 atom stereocenters. The molecule has 0 radical (unpaired) electrons.